The molecule has 2 fully saturated rings. The number of nitrogens with zero attached hydrogens (tertiary/aromatic N) is 1. The molecule has 2 amide bonds. The van der Waals surface area contributed by atoms with Gasteiger partial charge in [-0.3, -0.25) is 14.4 Å². The number of nitrogens with two attached hydrogens (primary N) is 1. The highest BCUT2D eigenvalue weighted by molar-refractivity contribution is 8.76. The highest BCUT2D eigenvalue weighted by Crippen LogP contribution is 2.55. The zero-order valence-electron chi connectivity index (χ0n) is 22.1. The summed E-state index contributed by atoms with van der Waals surface area (Å²) in [5.74, 6) is 0.292. The third-order valence-electron chi connectivity index (χ3n) is 7.51. The lowest BCUT2D eigenvalue weighted by Crippen LogP contribution is -2.55. The van der Waals surface area contributed by atoms with E-state index in [9.17, 15) is 19.2 Å². The van der Waals surface area contributed by atoms with Crippen LogP contribution in [0.15, 0.2) is 22.5 Å². The minimum Gasteiger partial charge on any atom is -0.449 e. The molecule has 4 rings (SSSR count). The van der Waals surface area contributed by atoms with Gasteiger partial charge in [-0.1, -0.05) is 41.4 Å². The van der Waals surface area contributed by atoms with Crippen molar-refractivity contribution in [1.29, 1.82) is 0 Å². The Morgan fingerprint density at radius 1 is 1.18 bits per heavy atom. The summed E-state index contributed by atoms with van der Waals surface area (Å²) >= 11 is 0. The SMILES string of the molecule is CCCCCNC(=O)CCSSCCNC1=C(C)C(=O)C2=C(C1=O)[C@@H](COC(N)=O)[C@@]1(OC)[C@H]3N[C@H]3CN21. The second-order valence-corrected chi connectivity index (χ2v) is 12.5. The average molecular weight is 568 g/mol. The van der Waals surface area contributed by atoms with Crippen LogP contribution in [0.1, 0.15) is 39.5 Å². The molecule has 11 nitrogen and oxygen atoms in total. The fraction of sp³-hybridized carbons (Fsp3) is 0.680. The molecule has 0 bridgehead atoms. The number of unbranched alkanes of at least 4 members (excludes halogenated alkanes) is 2. The van der Waals surface area contributed by atoms with E-state index in [0.717, 1.165) is 25.8 Å². The second-order valence-electron chi connectivity index (χ2n) is 9.80. The third kappa shape index (κ3) is 5.43. The van der Waals surface area contributed by atoms with Crippen molar-refractivity contribution in [2.24, 2.45) is 11.7 Å². The largest absolute Gasteiger partial charge is 0.449 e. The van der Waals surface area contributed by atoms with Crippen molar-refractivity contribution in [1.82, 2.24) is 20.9 Å². The molecule has 210 valence electrons. The first-order valence-corrected chi connectivity index (χ1v) is 15.6. The molecule has 13 heteroatoms. The number of piperazine rings is 1. The molecule has 0 aromatic heterocycles. The van der Waals surface area contributed by atoms with Crippen LogP contribution in [0.25, 0.3) is 0 Å². The van der Waals surface area contributed by atoms with Crippen LogP contribution in [0.4, 0.5) is 4.79 Å². The maximum absolute atomic E-state index is 13.7. The van der Waals surface area contributed by atoms with E-state index in [1.165, 1.54) is 0 Å². The number of hydrogen-bond donors (Lipinski definition) is 4. The second kappa shape index (κ2) is 12.3. The number of hydrogen-bond acceptors (Lipinski definition) is 11. The van der Waals surface area contributed by atoms with Gasteiger partial charge in [0, 0.05) is 61.9 Å². The number of allylic oxidation sites excluding steroid dienone is 2. The zero-order valence-corrected chi connectivity index (χ0v) is 23.7. The Hall–Kier alpha value is -2.22. The first-order valence-electron chi connectivity index (χ1n) is 13.1. The van der Waals surface area contributed by atoms with E-state index >= 15 is 0 Å². The van der Waals surface area contributed by atoms with Crippen molar-refractivity contribution in [3.05, 3.63) is 22.5 Å². The minimum atomic E-state index is -0.985. The summed E-state index contributed by atoms with van der Waals surface area (Å²) in [7, 11) is 4.76. The van der Waals surface area contributed by atoms with Gasteiger partial charge in [-0.2, -0.15) is 0 Å². The summed E-state index contributed by atoms with van der Waals surface area (Å²) in [4.78, 5) is 52.4. The average Bonchev–Trinajstić information content (AvgIpc) is 3.50. The number of carbonyl (C=O) groups excluding carboxylic acids is 4. The molecule has 2 saturated heterocycles. The van der Waals surface area contributed by atoms with E-state index in [0.29, 0.717) is 47.9 Å². The smallest absolute Gasteiger partial charge is 0.404 e. The van der Waals surface area contributed by atoms with Crippen LogP contribution in [0, 0.1) is 5.92 Å². The quantitative estimate of drug-likeness (QED) is 0.0969. The molecule has 0 radical (unpaired) electrons. The van der Waals surface area contributed by atoms with E-state index < -0.39 is 17.7 Å². The molecule has 0 aromatic rings. The van der Waals surface area contributed by atoms with Crippen LogP contribution in [-0.4, -0.2) is 91.1 Å². The van der Waals surface area contributed by atoms with Gasteiger partial charge in [-0.05, 0) is 13.3 Å². The standard InChI is InChI=1S/C25H37N5O6S2/c1-4-5-6-8-27-17(31)7-10-37-38-11-9-28-19-14(2)21(32)20-18(22(19)33)15(13-36-24(26)34)25(35-3)23-16(29-23)12-30(20)25/h15-16,23,28-29H,4-13H2,1-3H3,(H2,26,34)(H,27,31)/t15-,16+,23+,25-/m1/s1. The molecule has 3 aliphatic heterocycles. The van der Waals surface area contributed by atoms with Crippen molar-refractivity contribution >= 4 is 45.2 Å². The van der Waals surface area contributed by atoms with Crippen molar-refractivity contribution in [2.45, 2.75) is 57.3 Å². The lowest BCUT2D eigenvalue weighted by molar-refractivity contribution is -0.137. The minimum absolute atomic E-state index is 0.0667. The summed E-state index contributed by atoms with van der Waals surface area (Å²) in [5.41, 5.74) is 5.53. The van der Waals surface area contributed by atoms with Gasteiger partial charge in [0.1, 0.15) is 6.61 Å². The number of primary amides is 1. The molecule has 0 aromatic carbocycles. The van der Waals surface area contributed by atoms with E-state index in [1.807, 2.05) is 4.90 Å². The molecule has 4 aliphatic rings. The molecule has 1 aliphatic carbocycles. The number of amides is 2. The van der Waals surface area contributed by atoms with Crippen molar-refractivity contribution in [2.75, 3.05) is 44.9 Å². The maximum atomic E-state index is 13.7. The van der Waals surface area contributed by atoms with Crippen LogP contribution in [-0.2, 0) is 23.9 Å². The number of fused-ring (bicyclic) bond motifs is 4. The van der Waals surface area contributed by atoms with Crippen LogP contribution in [0.3, 0.4) is 0 Å². The Labute approximate surface area is 230 Å². The zero-order chi connectivity index (χ0) is 27.4. The summed E-state index contributed by atoms with van der Waals surface area (Å²) in [6, 6.07) is 0.0668. The van der Waals surface area contributed by atoms with Crippen molar-refractivity contribution < 1.29 is 28.7 Å². The Morgan fingerprint density at radius 3 is 2.66 bits per heavy atom. The monoisotopic (exact) mass is 567 g/mol. The van der Waals surface area contributed by atoms with E-state index in [-0.39, 0.29) is 41.9 Å². The maximum Gasteiger partial charge on any atom is 0.404 e. The van der Waals surface area contributed by atoms with E-state index in [4.69, 9.17) is 15.2 Å². The first kappa shape index (κ1) is 28.8. The van der Waals surface area contributed by atoms with Gasteiger partial charge in [0.05, 0.1) is 23.4 Å². The predicted molar refractivity (Wildman–Crippen MR) is 146 cm³/mol. The normalized spacial score (nSPS) is 27.3. The van der Waals surface area contributed by atoms with Gasteiger partial charge >= 0.3 is 6.09 Å². The summed E-state index contributed by atoms with van der Waals surface area (Å²) in [5, 5.41) is 9.44. The van der Waals surface area contributed by atoms with Gasteiger partial charge < -0.3 is 36.1 Å². The summed E-state index contributed by atoms with van der Waals surface area (Å²) < 4.78 is 11.1. The fourth-order valence-corrected chi connectivity index (χ4v) is 7.56. The lowest BCUT2D eigenvalue weighted by atomic mass is 9.82. The van der Waals surface area contributed by atoms with Crippen LogP contribution in [0.2, 0.25) is 0 Å². The number of rotatable bonds is 15. The molecule has 0 spiro atoms. The van der Waals surface area contributed by atoms with Gasteiger partial charge in [-0.25, -0.2) is 4.79 Å². The number of ether oxygens (including phenoxy) is 2. The molecule has 0 unspecified atom stereocenters. The van der Waals surface area contributed by atoms with E-state index in [2.05, 4.69) is 22.9 Å². The molecular formula is C25H37N5O6S2. The van der Waals surface area contributed by atoms with Crippen LogP contribution < -0.4 is 21.7 Å². The van der Waals surface area contributed by atoms with E-state index in [1.54, 1.807) is 35.6 Å². The molecular weight excluding hydrogens is 530 g/mol. The highest BCUT2D eigenvalue weighted by atomic mass is 33.1. The van der Waals surface area contributed by atoms with Crippen molar-refractivity contribution in [3.63, 3.8) is 0 Å². The third-order valence-corrected chi connectivity index (χ3v) is 9.92. The molecule has 38 heavy (non-hydrogen) atoms. The Bertz CT molecular complexity index is 1050. The van der Waals surface area contributed by atoms with Crippen molar-refractivity contribution in [3.8, 4) is 0 Å². The number of Topliss-reactive ketones (excluding diaryl/α,β-unsaturated/α-hetero) is 2. The number of methoxy groups -OCH3 is 1. The molecule has 0 saturated carbocycles. The van der Waals surface area contributed by atoms with Crippen LogP contribution in [0.5, 0.6) is 0 Å². The fourth-order valence-electron chi connectivity index (χ4n) is 5.66. The number of nitrogens with one attached hydrogen (secondary N) is 3. The summed E-state index contributed by atoms with van der Waals surface area (Å²) in [6.07, 6.45) is 2.77. The Balaban J connectivity index is 1.32. The number of carbonyl (C=O) groups is 4. The predicted octanol–water partition coefficient (Wildman–Crippen LogP) is 1.06. The van der Waals surface area contributed by atoms with Gasteiger partial charge in [-0.15, -0.1) is 0 Å². The van der Waals surface area contributed by atoms with Crippen LogP contribution >= 0.6 is 21.6 Å². The Morgan fingerprint density at radius 2 is 1.95 bits per heavy atom. The first-order chi connectivity index (χ1) is 18.3. The molecule has 3 heterocycles. The van der Waals surface area contributed by atoms with Gasteiger partial charge in [0.25, 0.3) is 0 Å². The highest BCUT2D eigenvalue weighted by Gasteiger charge is 2.72. The number of ketones is 2. The summed E-state index contributed by atoms with van der Waals surface area (Å²) in [6.45, 7) is 5.36. The molecule has 4 atom stereocenters. The van der Waals surface area contributed by atoms with Gasteiger partial charge in [0.2, 0.25) is 17.5 Å². The Kier molecular flexibility index (Phi) is 9.32. The lowest BCUT2D eigenvalue weighted by Gasteiger charge is -2.39. The molecule has 5 N–H and O–H groups in total. The van der Waals surface area contributed by atoms with Gasteiger partial charge in [0.15, 0.2) is 5.72 Å². The topological polar surface area (TPSA) is 162 Å².